The normalized spacial score (nSPS) is 12.7. The van der Waals surface area contributed by atoms with Crippen molar-refractivity contribution in [3.63, 3.8) is 0 Å². The third-order valence-corrected chi connectivity index (χ3v) is 3.66. The summed E-state index contributed by atoms with van der Waals surface area (Å²) in [4.78, 5) is 0. The molecular formula is C18H20F2. The van der Waals surface area contributed by atoms with E-state index in [1.165, 1.54) is 12.1 Å². The topological polar surface area (TPSA) is 0 Å². The molecule has 106 valence electrons. The molecule has 0 radical (unpaired) electrons. The third kappa shape index (κ3) is 3.44. The molecule has 0 spiro atoms. The second-order valence-electron chi connectivity index (χ2n) is 5.67. The lowest BCUT2D eigenvalue weighted by molar-refractivity contribution is 0.596. The van der Waals surface area contributed by atoms with Crippen LogP contribution < -0.4 is 0 Å². The van der Waals surface area contributed by atoms with Gasteiger partial charge in [0.1, 0.15) is 11.6 Å². The van der Waals surface area contributed by atoms with Crippen molar-refractivity contribution in [3.8, 4) is 0 Å². The number of rotatable bonds is 4. The lowest BCUT2D eigenvalue weighted by Crippen LogP contribution is -2.01. The first kappa shape index (κ1) is 14.7. The number of hydrogen-bond donors (Lipinski definition) is 0. The minimum absolute atomic E-state index is 0.141. The van der Waals surface area contributed by atoms with E-state index in [0.29, 0.717) is 0 Å². The first-order chi connectivity index (χ1) is 9.47. The maximum Gasteiger partial charge on any atom is 0.126 e. The largest absolute Gasteiger partial charge is 0.207 e. The number of halogens is 2. The molecule has 0 heterocycles. The summed E-state index contributed by atoms with van der Waals surface area (Å²) in [6, 6.07) is 11.9. The van der Waals surface area contributed by atoms with Gasteiger partial charge in [0, 0.05) is 0 Å². The van der Waals surface area contributed by atoms with Crippen molar-refractivity contribution in [2.24, 2.45) is 0 Å². The van der Waals surface area contributed by atoms with Gasteiger partial charge in [-0.3, -0.25) is 0 Å². The molecule has 0 bridgehead atoms. The van der Waals surface area contributed by atoms with Crippen LogP contribution >= 0.6 is 0 Å². The van der Waals surface area contributed by atoms with Crippen molar-refractivity contribution >= 4 is 0 Å². The minimum atomic E-state index is -0.218. The standard InChI is InChI=1S/C18H20F2/c1-12(2)17-11-14(4-9-18(17)20)10-13(3)15-5-7-16(19)8-6-15/h4-9,11-13H,10H2,1-3H3. The Balaban J connectivity index is 2.17. The van der Waals surface area contributed by atoms with E-state index in [2.05, 4.69) is 6.92 Å². The highest BCUT2D eigenvalue weighted by Gasteiger charge is 2.11. The average Bonchev–Trinajstić information content (AvgIpc) is 2.41. The molecule has 2 heteroatoms. The van der Waals surface area contributed by atoms with Gasteiger partial charge in [-0.1, -0.05) is 45.0 Å². The second-order valence-corrected chi connectivity index (χ2v) is 5.67. The van der Waals surface area contributed by atoms with E-state index in [1.54, 1.807) is 6.07 Å². The first-order valence-electron chi connectivity index (χ1n) is 7.01. The molecule has 0 aliphatic heterocycles. The maximum atomic E-state index is 13.7. The fourth-order valence-electron chi connectivity index (χ4n) is 2.43. The van der Waals surface area contributed by atoms with Crippen molar-refractivity contribution in [2.75, 3.05) is 0 Å². The average molecular weight is 274 g/mol. The summed E-state index contributed by atoms with van der Waals surface area (Å²) in [5.41, 5.74) is 2.97. The van der Waals surface area contributed by atoms with Crippen LogP contribution in [0.25, 0.3) is 0 Å². The van der Waals surface area contributed by atoms with Crippen molar-refractivity contribution in [1.82, 2.24) is 0 Å². The van der Waals surface area contributed by atoms with E-state index >= 15 is 0 Å². The molecule has 0 amide bonds. The molecule has 0 aliphatic carbocycles. The quantitative estimate of drug-likeness (QED) is 0.697. The highest BCUT2D eigenvalue weighted by Crippen LogP contribution is 2.24. The van der Waals surface area contributed by atoms with Crippen LogP contribution in [0, 0.1) is 11.6 Å². The Morgan fingerprint density at radius 1 is 0.900 bits per heavy atom. The Bertz CT molecular complexity index is 570. The molecule has 2 aromatic rings. The Kier molecular flexibility index (Phi) is 4.53. The van der Waals surface area contributed by atoms with Crippen LogP contribution in [-0.2, 0) is 6.42 Å². The lowest BCUT2D eigenvalue weighted by atomic mass is 9.91. The van der Waals surface area contributed by atoms with Gasteiger partial charge in [0.05, 0.1) is 0 Å². The molecule has 0 aliphatic rings. The van der Waals surface area contributed by atoms with Crippen LogP contribution in [0.3, 0.4) is 0 Å². The maximum absolute atomic E-state index is 13.7. The van der Waals surface area contributed by atoms with Crippen molar-refractivity contribution in [2.45, 2.75) is 39.0 Å². The molecule has 1 unspecified atom stereocenters. The Morgan fingerprint density at radius 3 is 2.15 bits per heavy atom. The molecule has 0 saturated carbocycles. The highest BCUT2D eigenvalue weighted by molar-refractivity contribution is 5.30. The number of hydrogen-bond acceptors (Lipinski definition) is 0. The molecule has 20 heavy (non-hydrogen) atoms. The van der Waals surface area contributed by atoms with Gasteiger partial charge in [0.15, 0.2) is 0 Å². The van der Waals surface area contributed by atoms with Gasteiger partial charge in [-0.25, -0.2) is 8.78 Å². The smallest absolute Gasteiger partial charge is 0.126 e. The second kappa shape index (κ2) is 6.17. The van der Waals surface area contributed by atoms with Gasteiger partial charge in [0.2, 0.25) is 0 Å². The molecule has 0 aromatic heterocycles. The van der Waals surface area contributed by atoms with Gasteiger partial charge in [0.25, 0.3) is 0 Å². The fourth-order valence-corrected chi connectivity index (χ4v) is 2.43. The third-order valence-electron chi connectivity index (χ3n) is 3.66. The SMILES string of the molecule is CC(C)c1cc(CC(C)c2ccc(F)cc2)ccc1F. The first-order valence-corrected chi connectivity index (χ1v) is 7.01. The van der Waals surface area contributed by atoms with Gasteiger partial charge in [-0.2, -0.15) is 0 Å². The van der Waals surface area contributed by atoms with E-state index in [-0.39, 0.29) is 23.5 Å². The van der Waals surface area contributed by atoms with Crippen LogP contribution in [0.2, 0.25) is 0 Å². The molecule has 0 nitrogen and oxygen atoms in total. The summed E-state index contributed by atoms with van der Waals surface area (Å²) < 4.78 is 26.6. The number of benzene rings is 2. The minimum Gasteiger partial charge on any atom is -0.207 e. The van der Waals surface area contributed by atoms with Crippen molar-refractivity contribution < 1.29 is 8.78 Å². The van der Waals surface area contributed by atoms with Crippen LogP contribution in [-0.4, -0.2) is 0 Å². The summed E-state index contributed by atoms with van der Waals surface area (Å²) in [6.45, 7) is 6.09. The van der Waals surface area contributed by atoms with Gasteiger partial charge < -0.3 is 0 Å². The molecule has 2 aromatic carbocycles. The van der Waals surface area contributed by atoms with Crippen molar-refractivity contribution in [3.05, 3.63) is 70.8 Å². The summed E-state index contributed by atoms with van der Waals surface area (Å²) >= 11 is 0. The van der Waals surface area contributed by atoms with Gasteiger partial charge >= 0.3 is 0 Å². The predicted octanol–water partition coefficient (Wildman–Crippen LogP) is 5.43. The molecule has 0 fully saturated rings. The monoisotopic (exact) mass is 274 g/mol. The summed E-state index contributed by atoms with van der Waals surface area (Å²) in [5.74, 6) is 0.0974. The van der Waals surface area contributed by atoms with E-state index < -0.39 is 0 Å². The molecule has 0 saturated heterocycles. The summed E-state index contributed by atoms with van der Waals surface area (Å²) in [7, 11) is 0. The molecule has 0 N–H and O–H groups in total. The van der Waals surface area contributed by atoms with E-state index in [0.717, 1.165) is 23.1 Å². The van der Waals surface area contributed by atoms with Crippen LogP contribution in [0.15, 0.2) is 42.5 Å². The molecule has 2 rings (SSSR count). The molecular weight excluding hydrogens is 254 g/mol. The summed E-state index contributed by atoms with van der Waals surface area (Å²) in [5, 5.41) is 0. The predicted molar refractivity (Wildman–Crippen MR) is 79.0 cm³/mol. The zero-order valence-electron chi connectivity index (χ0n) is 12.2. The Morgan fingerprint density at radius 2 is 1.55 bits per heavy atom. The zero-order chi connectivity index (χ0) is 14.7. The Labute approximate surface area is 119 Å². The Hall–Kier alpha value is -1.70. The van der Waals surface area contributed by atoms with Gasteiger partial charge in [-0.15, -0.1) is 0 Å². The summed E-state index contributed by atoms with van der Waals surface area (Å²) in [6.07, 6.45) is 0.825. The van der Waals surface area contributed by atoms with E-state index in [1.807, 2.05) is 38.1 Å². The zero-order valence-corrected chi connectivity index (χ0v) is 12.2. The lowest BCUT2D eigenvalue weighted by Gasteiger charge is -2.14. The van der Waals surface area contributed by atoms with E-state index in [4.69, 9.17) is 0 Å². The van der Waals surface area contributed by atoms with Gasteiger partial charge in [-0.05, 0) is 53.1 Å². The van der Waals surface area contributed by atoms with E-state index in [9.17, 15) is 8.78 Å². The van der Waals surface area contributed by atoms with Crippen LogP contribution in [0.1, 0.15) is 49.3 Å². The van der Waals surface area contributed by atoms with Crippen molar-refractivity contribution in [1.29, 1.82) is 0 Å². The van der Waals surface area contributed by atoms with Crippen LogP contribution in [0.5, 0.6) is 0 Å². The fraction of sp³-hybridized carbons (Fsp3) is 0.333. The highest BCUT2D eigenvalue weighted by atomic mass is 19.1. The molecule has 1 atom stereocenters. The van der Waals surface area contributed by atoms with Crippen LogP contribution in [0.4, 0.5) is 8.78 Å².